The molecule has 1 aromatic heterocycles. The molecule has 1 aromatic carbocycles. The number of para-hydroxylation sites is 1. The zero-order valence-electron chi connectivity index (χ0n) is 11.7. The molecule has 1 atom stereocenters. The van der Waals surface area contributed by atoms with Crippen molar-refractivity contribution >= 4 is 33.3 Å². The maximum Gasteiger partial charge on any atom is 0.226 e. The van der Waals surface area contributed by atoms with Crippen LogP contribution >= 0.6 is 15.9 Å². The average molecular weight is 346 g/mol. The molecule has 2 N–H and O–H groups in total. The van der Waals surface area contributed by atoms with Crippen molar-refractivity contribution in [3.8, 4) is 0 Å². The van der Waals surface area contributed by atoms with Crippen LogP contribution in [-0.2, 0) is 4.79 Å². The van der Waals surface area contributed by atoms with Crippen LogP contribution in [0.25, 0.3) is 0 Å². The van der Waals surface area contributed by atoms with Crippen molar-refractivity contribution in [2.75, 3.05) is 17.2 Å². The number of aryl methyl sites for hydroxylation is 1. The molecule has 0 aliphatic carbocycles. The minimum Gasteiger partial charge on any atom is -0.384 e. The summed E-state index contributed by atoms with van der Waals surface area (Å²) in [5, 5.41) is 6.20. The van der Waals surface area contributed by atoms with Gasteiger partial charge in [-0.2, -0.15) is 0 Å². The molecule has 1 aliphatic heterocycles. The van der Waals surface area contributed by atoms with Gasteiger partial charge in [-0.3, -0.25) is 4.79 Å². The Balaban J connectivity index is 1.66. The molecule has 1 unspecified atom stereocenters. The lowest BCUT2D eigenvalue weighted by molar-refractivity contribution is -0.116. The van der Waals surface area contributed by atoms with Gasteiger partial charge in [-0.15, -0.1) is 0 Å². The van der Waals surface area contributed by atoms with Gasteiger partial charge in [0.2, 0.25) is 5.91 Å². The van der Waals surface area contributed by atoms with Crippen LogP contribution in [0.3, 0.4) is 0 Å². The predicted molar refractivity (Wildman–Crippen MR) is 87.6 cm³/mol. The van der Waals surface area contributed by atoms with Gasteiger partial charge in [0.15, 0.2) is 0 Å². The third-order valence-electron chi connectivity index (χ3n) is 3.66. The molecule has 0 saturated carbocycles. The summed E-state index contributed by atoms with van der Waals surface area (Å²) in [6.45, 7) is 2.70. The summed E-state index contributed by atoms with van der Waals surface area (Å²) < 4.78 is 0.939. The van der Waals surface area contributed by atoms with Gasteiger partial charge in [-0.1, -0.05) is 18.2 Å². The normalized spacial score (nSPS) is 16.2. The number of nitrogens with one attached hydrogen (secondary N) is 2. The minimum absolute atomic E-state index is 0.00674. The Morgan fingerprint density at radius 1 is 1.38 bits per heavy atom. The first-order valence-electron chi connectivity index (χ1n) is 6.89. The van der Waals surface area contributed by atoms with E-state index >= 15 is 0 Å². The molecule has 108 valence electrons. The summed E-state index contributed by atoms with van der Waals surface area (Å²) in [4.78, 5) is 16.5. The van der Waals surface area contributed by atoms with E-state index < -0.39 is 0 Å². The van der Waals surface area contributed by atoms with Crippen LogP contribution in [0.15, 0.2) is 40.9 Å². The fourth-order valence-corrected chi connectivity index (χ4v) is 2.79. The first-order valence-corrected chi connectivity index (χ1v) is 7.68. The van der Waals surface area contributed by atoms with Crippen molar-refractivity contribution in [2.45, 2.75) is 19.3 Å². The van der Waals surface area contributed by atoms with Crippen molar-refractivity contribution in [3.63, 3.8) is 0 Å². The molecule has 2 aromatic rings. The lowest BCUT2D eigenvalue weighted by Gasteiger charge is -2.11. The lowest BCUT2D eigenvalue weighted by atomic mass is 9.97. The summed E-state index contributed by atoms with van der Waals surface area (Å²) in [6.07, 6.45) is 0.459. The lowest BCUT2D eigenvalue weighted by Crippen LogP contribution is -2.17. The Bertz CT molecular complexity index is 687. The van der Waals surface area contributed by atoms with Crippen molar-refractivity contribution in [1.82, 2.24) is 4.98 Å². The predicted octanol–water partition coefficient (Wildman–Crippen LogP) is 3.69. The Morgan fingerprint density at radius 2 is 2.19 bits per heavy atom. The van der Waals surface area contributed by atoms with E-state index in [0.717, 1.165) is 22.4 Å². The highest BCUT2D eigenvalue weighted by Crippen LogP contribution is 2.33. The topological polar surface area (TPSA) is 54.0 Å². The molecule has 0 bridgehead atoms. The largest absolute Gasteiger partial charge is 0.384 e. The number of benzene rings is 1. The van der Waals surface area contributed by atoms with Crippen LogP contribution in [0.5, 0.6) is 0 Å². The molecule has 0 fully saturated rings. The average Bonchev–Trinajstić information content (AvgIpc) is 2.86. The highest BCUT2D eigenvalue weighted by Gasteiger charge is 2.24. The second-order valence-corrected chi connectivity index (χ2v) is 6.04. The number of carbonyl (C=O) groups excluding carboxylic acids is 1. The smallest absolute Gasteiger partial charge is 0.226 e. The summed E-state index contributed by atoms with van der Waals surface area (Å²) >= 11 is 3.40. The number of hydrogen-bond donors (Lipinski definition) is 2. The molecule has 0 saturated heterocycles. The Kier molecular flexibility index (Phi) is 3.92. The third kappa shape index (κ3) is 3.08. The summed E-state index contributed by atoms with van der Waals surface area (Å²) in [7, 11) is 0. The van der Waals surface area contributed by atoms with Gasteiger partial charge in [0.25, 0.3) is 0 Å². The van der Waals surface area contributed by atoms with Crippen LogP contribution in [0.1, 0.15) is 23.6 Å². The van der Waals surface area contributed by atoms with Gasteiger partial charge in [0, 0.05) is 29.0 Å². The zero-order chi connectivity index (χ0) is 14.8. The third-order valence-corrected chi connectivity index (χ3v) is 4.50. The van der Waals surface area contributed by atoms with Crippen molar-refractivity contribution < 1.29 is 4.79 Å². The van der Waals surface area contributed by atoms with Gasteiger partial charge >= 0.3 is 0 Å². The van der Waals surface area contributed by atoms with E-state index in [-0.39, 0.29) is 11.8 Å². The van der Waals surface area contributed by atoms with E-state index in [1.165, 1.54) is 5.56 Å². The maximum atomic E-state index is 12.2. The number of aromatic nitrogens is 1. The molecular weight excluding hydrogens is 330 g/mol. The number of amides is 1. The molecule has 1 aliphatic rings. The second kappa shape index (κ2) is 5.85. The molecular formula is C16H16BrN3O. The number of rotatable bonds is 3. The van der Waals surface area contributed by atoms with E-state index in [2.05, 4.69) is 37.6 Å². The fraction of sp³-hybridized carbons (Fsp3) is 0.250. The first-order chi connectivity index (χ1) is 10.1. The zero-order valence-corrected chi connectivity index (χ0v) is 13.3. The molecule has 1 amide bonds. The number of fused-ring (bicyclic) bond motifs is 1. The molecule has 5 heteroatoms. The van der Waals surface area contributed by atoms with Gasteiger partial charge in [-0.05, 0) is 46.6 Å². The SMILES string of the molecule is Cc1nc(NC(=O)CC2CNc3ccccc32)ccc1Br. The Hall–Kier alpha value is -1.88. The van der Waals surface area contributed by atoms with Crippen molar-refractivity contribution in [3.05, 3.63) is 52.1 Å². The molecule has 21 heavy (non-hydrogen) atoms. The molecule has 3 rings (SSSR count). The van der Waals surface area contributed by atoms with Crippen LogP contribution < -0.4 is 10.6 Å². The molecule has 4 nitrogen and oxygen atoms in total. The molecule has 0 spiro atoms. The molecule has 0 radical (unpaired) electrons. The van der Waals surface area contributed by atoms with Crippen LogP contribution in [-0.4, -0.2) is 17.4 Å². The van der Waals surface area contributed by atoms with E-state index in [0.29, 0.717) is 12.2 Å². The van der Waals surface area contributed by atoms with E-state index in [1.807, 2.05) is 31.2 Å². The summed E-state index contributed by atoms with van der Waals surface area (Å²) in [5.41, 5.74) is 3.21. The van der Waals surface area contributed by atoms with Gasteiger partial charge < -0.3 is 10.6 Å². The highest BCUT2D eigenvalue weighted by molar-refractivity contribution is 9.10. The highest BCUT2D eigenvalue weighted by atomic mass is 79.9. The fourth-order valence-electron chi connectivity index (χ4n) is 2.57. The second-order valence-electron chi connectivity index (χ2n) is 5.18. The number of halogens is 1. The number of nitrogens with zero attached hydrogens (tertiary/aromatic N) is 1. The summed E-state index contributed by atoms with van der Waals surface area (Å²) in [6, 6.07) is 11.8. The van der Waals surface area contributed by atoms with E-state index in [4.69, 9.17) is 0 Å². The maximum absolute atomic E-state index is 12.2. The number of anilines is 2. The standard InChI is InChI=1S/C16H16BrN3O/c1-10-13(17)6-7-15(19-10)20-16(21)8-11-9-18-14-5-3-2-4-12(11)14/h2-7,11,18H,8-9H2,1H3,(H,19,20,21). The number of carbonyl (C=O) groups is 1. The first kappa shape index (κ1) is 14.1. The van der Waals surface area contributed by atoms with Gasteiger partial charge in [0.1, 0.15) is 5.82 Å². The van der Waals surface area contributed by atoms with Crippen molar-refractivity contribution in [1.29, 1.82) is 0 Å². The van der Waals surface area contributed by atoms with Gasteiger partial charge in [-0.25, -0.2) is 4.98 Å². The monoisotopic (exact) mass is 345 g/mol. The molecule has 2 heterocycles. The van der Waals surface area contributed by atoms with E-state index in [1.54, 1.807) is 6.07 Å². The quantitative estimate of drug-likeness (QED) is 0.891. The number of hydrogen-bond acceptors (Lipinski definition) is 3. The summed E-state index contributed by atoms with van der Waals surface area (Å²) in [5.74, 6) is 0.811. The van der Waals surface area contributed by atoms with Crippen LogP contribution in [0.2, 0.25) is 0 Å². The van der Waals surface area contributed by atoms with E-state index in [9.17, 15) is 4.79 Å². The van der Waals surface area contributed by atoms with Crippen LogP contribution in [0, 0.1) is 6.92 Å². The van der Waals surface area contributed by atoms with Gasteiger partial charge in [0.05, 0.1) is 5.69 Å². The minimum atomic E-state index is -0.00674. The van der Waals surface area contributed by atoms with Crippen LogP contribution in [0.4, 0.5) is 11.5 Å². The Labute approximate surface area is 132 Å². The Morgan fingerprint density at radius 3 is 3.00 bits per heavy atom. The van der Waals surface area contributed by atoms with Crippen molar-refractivity contribution in [2.24, 2.45) is 0 Å². The number of pyridine rings is 1.